The van der Waals surface area contributed by atoms with E-state index < -0.39 is 396 Å². The minimum atomic E-state index is -3.10. The molecule has 124 heavy (non-hydrogen) atoms. The van der Waals surface area contributed by atoms with E-state index in [2.05, 4.69) is 16.0 Å². The smallest absolute Gasteiger partial charge is 0.364 e. The van der Waals surface area contributed by atoms with Gasteiger partial charge in [-0.2, -0.15) is 0 Å². The van der Waals surface area contributed by atoms with Gasteiger partial charge in [-0.3, -0.25) is 14.4 Å². The number of amides is 3. The lowest BCUT2D eigenvalue weighted by molar-refractivity contribution is -0.408. The second-order valence-electron chi connectivity index (χ2n) is 31.4. The van der Waals surface area contributed by atoms with Gasteiger partial charge in [0.2, 0.25) is 17.7 Å². The van der Waals surface area contributed by atoms with Crippen molar-refractivity contribution in [3.8, 4) is 0 Å². The molecule has 0 aliphatic carbocycles. The Morgan fingerprint density at radius 1 is 0.363 bits per heavy atom. The van der Waals surface area contributed by atoms with Crippen molar-refractivity contribution in [3.05, 3.63) is 0 Å². The monoisotopic (exact) mass is 1820 g/mol. The minimum Gasteiger partial charge on any atom is -0.477 e. The summed E-state index contributed by atoms with van der Waals surface area (Å²) in [5, 5.41) is 338. The van der Waals surface area contributed by atoms with Crippen LogP contribution in [0.4, 0.5) is 0 Å². The van der Waals surface area contributed by atoms with E-state index in [1.165, 1.54) is 13.8 Å². The Hall–Kier alpha value is -4.00. The quantitative estimate of drug-likeness (QED) is 0.0277. The van der Waals surface area contributed by atoms with Crippen molar-refractivity contribution in [2.45, 2.75) is 347 Å². The molecule has 9 rings (SSSR count). The zero-order chi connectivity index (χ0) is 92.0. The molecule has 3 amide bonds. The Balaban J connectivity index is 1.05. The zero-order valence-corrected chi connectivity index (χ0v) is 66.8. The number of nitrogens with one attached hydrogen (secondary N) is 3. The highest BCUT2D eigenvalue weighted by Gasteiger charge is 2.63. The molecule has 9 fully saturated rings. The molecule has 720 valence electrons. The molecule has 0 aromatic carbocycles. The van der Waals surface area contributed by atoms with Gasteiger partial charge in [0, 0.05) is 27.2 Å². The van der Waals surface area contributed by atoms with Gasteiger partial charge in [-0.1, -0.05) is 0 Å². The number of aliphatic hydroxyl groups is 29. The molecule has 0 radical (unpaired) electrons. The maximum atomic E-state index is 13.7. The van der Waals surface area contributed by atoms with Crippen LogP contribution in [-0.2, 0) is 104 Å². The van der Waals surface area contributed by atoms with Crippen LogP contribution in [0.1, 0.15) is 41.0 Å². The minimum absolute atomic E-state index is 0.849. The van der Waals surface area contributed by atoms with E-state index in [0.29, 0.717) is 0 Å². The average molecular weight is 1820 g/mol. The summed E-state index contributed by atoms with van der Waals surface area (Å²) in [5.41, 5.74) is 0. The molecule has 9 aliphatic heterocycles. The molecular weight excluding hydrogens is 1700 g/mol. The molecule has 0 spiro atoms. The van der Waals surface area contributed by atoms with Gasteiger partial charge in [-0.15, -0.1) is 0 Å². The number of carboxylic acids is 1. The molecule has 33 N–H and O–H groups in total. The number of carbonyl (C=O) groups excluding carboxylic acids is 3. The molecular formula is C69H117N3O52. The molecule has 0 aromatic rings. The van der Waals surface area contributed by atoms with Crippen LogP contribution in [0.5, 0.6) is 0 Å². The predicted molar refractivity (Wildman–Crippen MR) is 381 cm³/mol. The van der Waals surface area contributed by atoms with E-state index in [4.69, 9.17) is 85.3 Å². The van der Waals surface area contributed by atoms with Crippen LogP contribution in [0.25, 0.3) is 0 Å². The molecule has 0 saturated carbocycles. The Morgan fingerprint density at radius 2 is 0.758 bits per heavy atom. The molecule has 9 saturated heterocycles. The van der Waals surface area contributed by atoms with E-state index in [0.717, 1.165) is 20.8 Å². The first kappa shape index (κ1) is 104. The van der Waals surface area contributed by atoms with Crippen molar-refractivity contribution in [2.75, 3.05) is 59.5 Å². The van der Waals surface area contributed by atoms with Crippen LogP contribution in [-0.4, -0.2) is 543 Å². The first-order chi connectivity index (χ1) is 58.4. The van der Waals surface area contributed by atoms with Crippen LogP contribution in [0.2, 0.25) is 0 Å². The molecule has 0 bridgehead atoms. The Kier molecular flexibility index (Phi) is 37.6. The van der Waals surface area contributed by atoms with Crippen molar-refractivity contribution in [2.24, 2.45) is 0 Å². The van der Waals surface area contributed by atoms with E-state index in [1.807, 2.05) is 0 Å². The van der Waals surface area contributed by atoms with Crippen LogP contribution < -0.4 is 16.0 Å². The molecule has 55 heteroatoms. The molecule has 55 nitrogen and oxygen atoms in total. The van der Waals surface area contributed by atoms with Gasteiger partial charge in [0.05, 0.1) is 83.8 Å². The van der Waals surface area contributed by atoms with E-state index >= 15 is 0 Å². The topological polar surface area (TPSA) is 877 Å². The van der Waals surface area contributed by atoms with Gasteiger partial charge in [-0.25, -0.2) is 4.79 Å². The third-order valence-electron chi connectivity index (χ3n) is 22.6. The van der Waals surface area contributed by atoms with E-state index in [1.54, 1.807) is 0 Å². The highest BCUT2D eigenvalue weighted by molar-refractivity contribution is 5.77. The molecule has 9 heterocycles. The van der Waals surface area contributed by atoms with Crippen molar-refractivity contribution in [1.82, 2.24) is 16.0 Å². The fraction of sp³-hybridized carbons (Fsp3) is 0.942. The van der Waals surface area contributed by atoms with Gasteiger partial charge >= 0.3 is 5.97 Å². The molecule has 0 aromatic heterocycles. The third kappa shape index (κ3) is 23.0. The third-order valence-corrected chi connectivity index (χ3v) is 22.6. The summed E-state index contributed by atoms with van der Waals surface area (Å²) in [6.07, 6.45) is -101. The number of hydrogen-bond acceptors (Lipinski definition) is 51. The highest BCUT2D eigenvalue weighted by Crippen LogP contribution is 2.42. The summed E-state index contributed by atoms with van der Waals surface area (Å²) >= 11 is 0. The van der Waals surface area contributed by atoms with Gasteiger partial charge in [0.15, 0.2) is 50.3 Å². The number of carboxylic acid groups (broad SMARTS) is 1. The normalized spacial score (nSPS) is 47.0. The van der Waals surface area contributed by atoms with Crippen molar-refractivity contribution < 1.29 is 258 Å². The number of hydrogen-bond donors (Lipinski definition) is 33. The fourth-order valence-corrected chi connectivity index (χ4v) is 15.6. The lowest BCUT2D eigenvalue weighted by Gasteiger charge is -2.52. The van der Waals surface area contributed by atoms with E-state index in [-0.39, 0.29) is 0 Å². The number of carbonyl (C=O) groups is 4. The van der Waals surface area contributed by atoms with E-state index in [9.17, 15) is 172 Å². The van der Waals surface area contributed by atoms with Crippen LogP contribution >= 0.6 is 0 Å². The standard InChI is InChI=1S/C69H117N3O52/c1-16-34(87)43(96)47(100)62(109-16)120-56-33(72-20(5)82)60(113-28(13-79)54(56)119-67-59(123-63-48(101)44(97)35(88)17(2)110-63)58(40(93)26(11-77)112-67)122-64-49(102)45(98)38(91)25(10-76)111-64)107-14-29-41(94)57(51(104)66(115-29)117-52(24(86)9-75)36(89)22(84)7-73)121-61-32(71-19(4)81)42(95)53(27(12-78)114-61)118-65-50(103)46(99)39(92)30(116-65)15-108-69(68(105)106)6-21(83)31(70-18(3)80)55(124-69)37(90)23(85)8-74/h16-17,21-67,73-79,83-104H,6-15H2,1-5H3,(H,70,80)(H,71,81)(H,72,82)(H,105,106)/t16-,17-,21-,22-,23+,24+,25+,26+,27+,28+,29+,30+,31+,32+,33+,34+,35+,36+,37+,38-,39-,40-,41-,42+,43+,44+,45-,46-,47-,48-,49+,50+,51+,52+,53+,54+,55+,56+,57-,58-,59+,60+,61-,62-,63-,64+,65-,66-,67-,69+/m0/s1. The van der Waals surface area contributed by atoms with Crippen LogP contribution in [0.3, 0.4) is 0 Å². The van der Waals surface area contributed by atoms with Crippen molar-refractivity contribution in [3.63, 3.8) is 0 Å². The highest BCUT2D eigenvalue weighted by atomic mass is 16.8. The number of ether oxygens (including phenoxy) is 18. The maximum absolute atomic E-state index is 13.7. The first-order valence-electron chi connectivity index (χ1n) is 39.4. The summed E-state index contributed by atoms with van der Waals surface area (Å²) in [7, 11) is 0. The molecule has 0 unspecified atom stereocenters. The number of rotatable bonds is 36. The van der Waals surface area contributed by atoms with Gasteiger partial charge in [0.1, 0.15) is 226 Å². The lowest BCUT2D eigenvalue weighted by Crippen LogP contribution is -2.71. The van der Waals surface area contributed by atoms with Crippen LogP contribution in [0.15, 0.2) is 0 Å². The summed E-state index contributed by atoms with van der Waals surface area (Å²) < 4.78 is 108. The summed E-state index contributed by atoms with van der Waals surface area (Å²) in [5.74, 6) is -8.13. The van der Waals surface area contributed by atoms with Gasteiger partial charge in [-0.05, 0) is 13.8 Å². The summed E-state index contributed by atoms with van der Waals surface area (Å²) in [6, 6.07) is -5.89. The molecule has 50 atom stereocenters. The predicted octanol–water partition coefficient (Wildman–Crippen LogP) is -21.5. The number of aliphatic carboxylic acids is 1. The largest absolute Gasteiger partial charge is 0.477 e. The van der Waals surface area contributed by atoms with Gasteiger partial charge < -0.3 is 254 Å². The Bertz CT molecular complexity index is 3330. The van der Waals surface area contributed by atoms with Crippen molar-refractivity contribution in [1.29, 1.82) is 0 Å². The Labute approximate surface area is 702 Å². The molecule has 9 aliphatic rings. The Morgan fingerprint density at radius 3 is 1.27 bits per heavy atom. The first-order valence-corrected chi connectivity index (χ1v) is 39.4. The number of aliphatic hydroxyl groups excluding tert-OH is 29. The van der Waals surface area contributed by atoms with Crippen molar-refractivity contribution >= 4 is 23.7 Å². The second-order valence-corrected chi connectivity index (χ2v) is 31.4. The summed E-state index contributed by atoms with van der Waals surface area (Å²) in [4.78, 5) is 52.1. The van der Waals surface area contributed by atoms with Crippen LogP contribution in [0, 0.1) is 0 Å². The van der Waals surface area contributed by atoms with Gasteiger partial charge in [0.25, 0.3) is 5.79 Å². The average Bonchev–Trinajstić information content (AvgIpc) is 0.758. The SMILES string of the molecule is CC(=O)N[C@H]1[C@H](O[C@H]2[C@@H](O)[C@@H](CO[C@@H]3O[C@H](CO)[C@@H](O[C@@H]4O[C@H](CO)[C@H](O)[C@H](O[C@H]5O[C@H](CO)[C@H](O)[C@H](O)[C@H]5O)[C@H]4O[C@@H]4O[C@@H](C)[C@@H](O)[C@@H](O)[C@@H]4O)[C@H](O[C@@H]4O[C@@H](C)[C@@H](O)[C@@H](O)[C@@H]4O)[C@H]3NC(C)=O)O[C@@H](O[C@@H]([C@H](O)[C@@H](O)CO)[C@H](O)CO)[C@@H]2O)O[C@H](CO)[C@@H](O[C@@H]2O[C@H](CO[C@]3(C(=O)O)C[C@H](O)[C@@H](NC(C)=O)[C@H]([C@H](O)[C@H](O)CO)O3)[C@H](O)[C@H](O)[C@H]2O)[C@@H]1O. The summed E-state index contributed by atoms with van der Waals surface area (Å²) in [6.45, 7) is -6.01. The maximum Gasteiger partial charge on any atom is 0.364 e. The fourth-order valence-electron chi connectivity index (χ4n) is 15.6. The second kappa shape index (κ2) is 44.9. The zero-order valence-electron chi connectivity index (χ0n) is 66.8. The lowest BCUT2D eigenvalue weighted by atomic mass is 9.88.